The highest BCUT2D eigenvalue weighted by Crippen LogP contribution is 2.34. The maximum atomic E-state index is 11.4. The van der Waals surface area contributed by atoms with Crippen LogP contribution in [0.25, 0.3) is 0 Å². The molecule has 6 heteroatoms. The van der Waals surface area contributed by atoms with E-state index in [0.29, 0.717) is 0 Å². The highest BCUT2D eigenvalue weighted by molar-refractivity contribution is 9.50. The average Bonchev–Trinajstić information content (AvgIpc) is 1.62. The van der Waals surface area contributed by atoms with Gasteiger partial charge in [-0.3, -0.25) is 0 Å². The third-order valence-electron chi connectivity index (χ3n) is 0.336. The second kappa shape index (κ2) is 2.91. The van der Waals surface area contributed by atoms with Gasteiger partial charge in [0.2, 0.25) is 0 Å². The second-order valence-electron chi connectivity index (χ2n) is 0.947. The third-order valence-corrected chi connectivity index (χ3v) is 1.74. The van der Waals surface area contributed by atoms with Crippen LogP contribution < -0.4 is 0 Å². The lowest BCUT2D eigenvalue weighted by molar-refractivity contribution is -0.153. The minimum absolute atomic E-state index is 0.0475. The van der Waals surface area contributed by atoms with Crippen LogP contribution in [0.3, 0.4) is 0 Å². The topological polar surface area (TPSA) is 0 Å². The zero-order valence-corrected chi connectivity index (χ0v) is 5.78. The monoisotopic (exact) mass is 212 g/mol. The van der Waals surface area contributed by atoms with E-state index >= 15 is 0 Å². The molecule has 0 N–H and O–H groups in total. The van der Waals surface area contributed by atoms with Crippen molar-refractivity contribution in [3.05, 3.63) is 0 Å². The van der Waals surface area contributed by atoms with Gasteiger partial charge in [-0.25, -0.2) is 4.39 Å². The van der Waals surface area contributed by atoms with Crippen molar-refractivity contribution in [2.75, 3.05) is 0 Å². The van der Waals surface area contributed by atoms with E-state index in [1.807, 2.05) is 0 Å². The van der Waals surface area contributed by atoms with Gasteiger partial charge in [0, 0.05) is 0 Å². The van der Waals surface area contributed by atoms with Crippen molar-refractivity contribution in [3.8, 4) is 0 Å². The predicted molar refractivity (Wildman–Crippen MR) is 27.5 cm³/mol. The molecule has 0 aliphatic carbocycles. The van der Waals surface area contributed by atoms with Crippen LogP contribution in [-0.4, -0.2) is 11.7 Å². The predicted octanol–water partition coefficient (Wildman–Crippen LogP) is 2.89. The Morgan fingerprint density at radius 3 is 1.75 bits per heavy atom. The van der Waals surface area contributed by atoms with Gasteiger partial charge >= 0.3 is 6.18 Å². The Kier molecular flexibility index (Phi) is 3.11. The minimum atomic E-state index is -4.74. The van der Waals surface area contributed by atoms with Gasteiger partial charge in [0.1, 0.15) is 0 Å². The van der Waals surface area contributed by atoms with Crippen LogP contribution in [0.5, 0.6) is 0 Å². The Morgan fingerprint density at radius 2 is 1.75 bits per heavy atom. The lowest BCUT2D eigenvalue weighted by Crippen LogP contribution is -2.19. The van der Waals surface area contributed by atoms with Gasteiger partial charge < -0.3 is 0 Å². The highest BCUT2D eigenvalue weighted by Gasteiger charge is 2.40. The summed E-state index contributed by atoms with van der Waals surface area (Å²) in [4.78, 5) is 0. The number of alkyl halides is 4. The molecule has 0 radical (unpaired) electrons. The molecule has 0 saturated carbocycles. The summed E-state index contributed by atoms with van der Waals surface area (Å²) in [5.41, 5.74) is -2.82. The van der Waals surface area contributed by atoms with E-state index in [1.165, 1.54) is 0 Å². The van der Waals surface area contributed by atoms with Crippen molar-refractivity contribution >= 4 is 25.0 Å². The smallest absolute Gasteiger partial charge is 0.225 e. The summed E-state index contributed by atoms with van der Waals surface area (Å²) in [6.45, 7) is 0. The minimum Gasteiger partial charge on any atom is -0.225 e. The van der Waals surface area contributed by atoms with Crippen molar-refractivity contribution in [1.82, 2.24) is 0 Å². The summed E-state index contributed by atoms with van der Waals surface area (Å²) in [5.74, 6) is 0. The van der Waals surface area contributed by atoms with Crippen LogP contribution in [0.1, 0.15) is 0 Å². The molecule has 1 unspecified atom stereocenters. The Bertz CT molecular complexity index is 70.9. The van der Waals surface area contributed by atoms with E-state index in [-0.39, 0.29) is 10.2 Å². The molecule has 1 atom stereocenters. The standard InChI is InChI=1S/C2HBrF4S/c3-8-1(4)2(5,6)7/h1H. The molecule has 0 aromatic heterocycles. The molecule has 0 amide bonds. The molecule has 50 valence electrons. The van der Waals surface area contributed by atoms with Crippen LogP contribution in [0.2, 0.25) is 0 Å². The molecule has 0 rings (SSSR count). The first-order chi connectivity index (χ1) is 3.48. The Morgan fingerprint density at radius 1 is 1.38 bits per heavy atom. The first kappa shape index (κ1) is 8.55. The number of hydrogen-bond donors (Lipinski definition) is 0. The first-order valence-electron chi connectivity index (χ1n) is 1.46. The molecule has 0 fully saturated rings. The normalized spacial score (nSPS) is 16.1. The van der Waals surface area contributed by atoms with Crippen LogP contribution in [0, 0.1) is 0 Å². The van der Waals surface area contributed by atoms with Gasteiger partial charge in [0.05, 0.1) is 0 Å². The van der Waals surface area contributed by atoms with Gasteiger partial charge in [-0.2, -0.15) is 13.2 Å². The largest absolute Gasteiger partial charge is 0.430 e. The van der Waals surface area contributed by atoms with Crippen LogP contribution in [-0.2, 0) is 0 Å². The molecular formula is C2HBrF4S. The molecule has 0 aliphatic rings. The van der Waals surface area contributed by atoms with Crippen molar-refractivity contribution in [2.45, 2.75) is 11.7 Å². The fraction of sp³-hybridized carbons (Fsp3) is 1.00. The third kappa shape index (κ3) is 2.76. The van der Waals surface area contributed by atoms with E-state index in [1.54, 1.807) is 0 Å². The van der Waals surface area contributed by atoms with Gasteiger partial charge in [-0.15, -0.1) is 0 Å². The van der Waals surface area contributed by atoms with Gasteiger partial charge in [0.25, 0.3) is 5.50 Å². The molecule has 0 aromatic carbocycles. The SMILES string of the molecule is FC(SBr)C(F)(F)F. The molecule has 8 heavy (non-hydrogen) atoms. The first-order valence-corrected chi connectivity index (χ1v) is 4.19. The van der Waals surface area contributed by atoms with Crippen molar-refractivity contribution < 1.29 is 17.6 Å². The maximum absolute atomic E-state index is 11.4. The molecule has 0 heterocycles. The summed E-state index contributed by atoms with van der Waals surface area (Å²) in [6, 6.07) is 0. The van der Waals surface area contributed by atoms with Crippen LogP contribution in [0.4, 0.5) is 17.6 Å². The van der Waals surface area contributed by atoms with Crippen LogP contribution in [0.15, 0.2) is 0 Å². The lowest BCUT2D eigenvalue weighted by atomic mass is 10.7. The molecule has 0 aromatic rings. The molecule has 0 nitrogen and oxygen atoms in total. The zero-order valence-electron chi connectivity index (χ0n) is 3.38. The molecule has 0 saturated heterocycles. The fourth-order valence-electron chi connectivity index (χ4n) is 0.0505. The number of rotatable bonds is 1. The summed E-state index contributed by atoms with van der Waals surface area (Å²) < 4.78 is 44.5. The molecule has 0 spiro atoms. The summed E-state index contributed by atoms with van der Waals surface area (Å²) in [5, 5.41) is 0. The number of halogens is 5. The van der Waals surface area contributed by atoms with Crippen molar-refractivity contribution in [3.63, 3.8) is 0 Å². The Hall–Kier alpha value is 0.550. The molecule has 0 aliphatic heterocycles. The summed E-state index contributed by atoms with van der Waals surface area (Å²) in [6.07, 6.45) is -4.74. The van der Waals surface area contributed by atoms with E-state index < -0.39 is 11.7 Å². The Balaban J connectivity index is 3.62. The second-order valence-corrected chi connectivity index (χ2v) is 2.66. The average molecular weight is 213 g/mol. The quantitative estimate of drug-likeness (QED) is 0.603. The number of hydrogen-bond acceptors (Lipinski definition) is 1. The zero-order chi connectivity index (χ0) is 6.78. The molecule has 0 bridgehead atoms. The van der Waals surface area contributed by atoms with E-state index in [9.17, 15) is 17.6 Å². The fourth-order valence-corrected chi connectivity index (χ4v) is 0.787. The van der Waals surface area contributed by atoms with E-state index in [0.717, 1.165) is 0 Å². The maximum Gasteiger partial charge on any atom is 0.430 e. The van der Waals surface area contributed by atoms with E-state index in [4.69, 9.17) is 0 Å². The highest BCUT2D eigenvalue weighted by atomic mass is 79.9. The van der Waals surface area contributed by atoms with Gasteiger partial charge in [-0.1, -0.05) is 0 Å². The van der Waals surface area contributed by atoms with E-state index in [2.05, 4.69) is 14.8 Å². The van der Waals surface area contributed by atoms with Gasteiger partial charge in [-0.05, 0) is 25.0 Å². The van der Waals surface area contributed by atoms with Gasteiger partial charge in [0.15, 0.2) is 0 Å². The molecular weight excluding hydrogens is 212 g/mol. The summed E-state index contributed by atoms with van der Waals surface area (Å²) in [7, 11) is -0.0475. The summed E-state index contributed by atoms with van der Waals surface area (Å²) >= 11 is 2.27. The van der Waals surface area contributed by atoms with Crippen molar-refractivity contribution in [2.24, 2.45) is 0 Å². The van der Waals surface area contributed by atoms with Crippen molar-refractivity contribution in [1.29, 1.82) is 0 Å². The lowest BCUT2D eigenvalue weighted by Gasteiger charge is -2.06. The van der Waals surface area contributed by atoms with Crippen LogP contribution >= 0.6 is 25.0 Å². The Labute approximate surface area is 54.8 Å².